The van der Waals surface area contributed by atoms with Gasteiger partial charge in [0.2, 0.25) is 0 Å². The van der Waals surface area contributed by atoms with Crippen LogP contribution in [0.4, 0.5) is 5.69 Å². The Hall–Kier alpha value is -1.76. The van der Waals surface area contributed by atoms with Gasteiger partial charge in [-0.15, -0.1) is 11.8 Å². The van der Waals surface area contributed by atoms with E-state index in [1.807, 2.05) is 0 Å². The fourth-order valence-corrected chi connectivity index (χ4v) is 1.96. The molecule has 7 heteroatoms. The third-order valence-corrected chi connectivity index (χ3v) is 2.81. The summed E-state index contributed by atoms with van der Waals surface area (Å²) < 4.78 is 4.76. The van der Waals surface area contributed by atoms with Crippen molar-refractivity contribution in [1.82, 2.24) is 0 Å². The summed E-state index contributed by atoms with van der Waals surface area (Å²) in [6, 6.07) is 1.09. The van der Waals surface area contributed by atoms with Gasteiger partial charge in [-0.05, 0) is 6.26 Å². The van der Waals surface area contributed by atoms with E-state index in [1.54, 1.807) is 6.26 Å². The molecule has 0 amide bonds. The minimum atomic E-state index is -0.624. The quantitative estimate of drug-likeness (QED) is 0.375. The maximum atomic E-state index is 10.8. The number of phenols is 1. The van der Waals surface area contributed by atoms with E-state index in [-0.39, 0.29) is 27.6 Å². The van der Waals surface area contributed by atoms with Crippen LogP contribution in [-0.2, 0) is 0 Å². The van der Waals surface area contributed by atoms with Crippen molar-refractivity contribution in [1.29, 1.82) is 0 Å². The zero-order valence-corrected chi connectivity index (χ0v) is 9.41. The highest BCUT2D eigenvalue weighted by molar-refractivity contribution is 7.98. The summed E-state index contributed by atoms with van der Waals surface area (Å²) in [4.78, 5) is 21.1. The molecular formula is C9H9NO5S. The van der Waals surface area contributed by atoms with Crippen LogP contribution in [0, 0.1) is 10.1 Å². The van der Waals surface area contributed by atoms with Crippen LogP contribution in [0.3, 0.4) is 0 Å². The first-order valence-corrected chi connectivity index (χ1v) is 5.36. The number of carbonyl (C=O) groups excluding carboxylic acids is 1. The summed E-state index contributed by atoms with van der Waals surface area (Å²) in [5.41, 5.74) is -0.386. The molecule has 86 valence electrons. The van der Waals surface area contributed by atoms with Crippen LogP contribution in [0.5, 0.6) is 11.5 Å². The minimum absolute atomic E-state index is 0.0911. The van der Waals surface area contributed by atoms with E-state index in [1.165, 1.54) is 7.11 Å². The second-order valence-corrected chi connectivity index (χ2v) is 3.58. The average molecular weight is 243 g/mol. The molecule has 6 nitrogen and oxygen atoms in total. The highest BCUT2D eigenvalue weighted by atomic mass is 32.2. The van der Waals surface area contributed by atoms with Gasteiger partial charge in [-0.25, -0.2) is 0 Å². The molecular weight excluding hydrogens is 234 g/mol. The summed E-state index contributed by atoms with van der Waals surface area (Å²) in [5.74, 6) is -0.473. The zero-order valence-electron chi connectivity index (χ0n) is 8.59. The molecule has 0 aliphatic rings. The number of benzene rings is 1. The van der Waals surface area contributed by atoms with E-state index in [0.29, 0.717) is 6.29 Å². The van der Waals surface area contributed by atoms with Gasteiger partial charge in [0.25, 0.3) is 5.69 Å². The lowest BCUT2D eigenvalue weighted by Gasteiger charge is -2.09. The number of aromatic hydroxyl groups is 1. The summed E-state index contributed by atoms with van der Waals surface area (Å²) in [7, 11) is 1.26. The molecule has 0 aliphatic carbocycles. The van der Waals surface area contributed by atoms with E-state index in [2.05, 4.69) is 0 Å². The topological polar surface area (TPSA) is 89.7 Å². The Morgan fingerprint density at radius 1 is 1.62 bits per heavy atom. The normalized spacial score (nSPS) is 9.88. The molecule has 0 fully saturated rings. The maximum Gasteiger partial charge on any atom is 0.287 e. The molecule has 0 spiro atoms. The first-order valence-electron chi connectivity index (χ1n) is 4.14. The van der Waals surface area contributed by atoms with E-state index in [9.17, 15) is 20.0 Å². The van der Waals surface area contributed by atoms with Crippen LogP contribution in [-0.4, -0.2) is 29.7 Å². The molecule has 0 atom stereocenters. The third kappa shape index (κ3) is 1.94. The maximum absolute atomic E-state index is 10.8. The lowest BCUT2D eigenvalue weighted by molar-refractivity contribution is -0.387. The van der Waals surface area contributed by atoms with Crippen molar-refractivity contribution in [3.8, 4) is 11.5 Å². The van der Waals surface area contributed by atoms with Crippen LogP contribution >= 0.6 is 11.8 Å². The van der Waals surface area contributed by atoms with Crippen LogP contribution in [0.25, 0.3) is 0 Å². The Bertz CT molecular complexity index is 446. The number of nitrogens with zero attached hydrogens (tertiary/aromatic N) is 1. The molecule has 0 saturated carbocycles. The number of phenolic OH excluding ortho intramolecular Hbond substituents is 1. The number of aldehydes is 1. The van der Waals surface area contributed by atoms with Gasteiger partial charge in [-0.1, -0.05) is 0 Å². The third-order valence-electron chi connectivity index (χ3n) is 1.97. The molecule has 0 bridgehead atoms. The second-order valence-electron chi connectivity index (χ2n) is 2.77. The minimum Gasteiger partial charge on any atom is -0.504 e. The number of nitro groups is 1. The molecule has 0 radical (unpaired) electrons. The molecule has 1 rings (SSSR count). The highest BCUT2D eigenvalue weighted by Crippen LogP contribution is 2.41. The summed E-state index contributed by atoms with van der Waals surface area (Å²) in [5, 5.41) is 20.4. The molecule has 16 heavy (non-hydrogen) atoms. The summed E-state index contributed by atoms with van der Waals surface area (Å²) in [6.45, 7) is 0. The Labute approximate surface area is 95.4 Å². The molecule has 0 heterocycles. The fourth-order valence-electron chi connectivity index (χ4n) is 1.25. The molecule has 0 unspecified atom stereocenters. The van der Waals surface area contributed by atoms with Crippen molar-refractivity contribution in [2.24, 2.45) is 0 Å². The van der Waals surface area contributed by atoms with Gasteiger partial charge in [0.1, 0.15) is 0 Å². The number of hydrogen-bond acceptors (Lipinski definition) is 6. The highest BCUT2D eigenvalue weighted by Gasteiger charge is 2.24. The van der Waals surface area contributed by atoms with Gasteiger partial charge in [0.05, 0.1) is 28.6 Å². The number of thioether (sulfide) groups is 1. The summed E-state index contributed by atoms with van der Waals surface area (Å²) in [6.07, 6.45) is 1.96. The number of rotatable bonds is 4. The van der Waals surface area contributed by atoms with Gasteiger partial charge in [-0.2, -0.15) is 0 Å². The predicted octanol–water partition coefficient (Wildman–Crippen LogP) is 1.84. The van der Waals surface area contributed by atoms with Gasteiger partial charge >= 0.3 is 0 Å². The average Bonchev–Trinajstić information content (AvgIpc) is 2.27. The molecule has 0 aromatic heterocycles. The number of methoxy groups -OCH3 is 1. The van der Waals surface area contributed by atoms with Gasteiger partial charge in [0, 0.05) is 0 Å². The number of ether oxygens (including phenoxy) is 1. The molecule has 1 aromatic carbocycles. The van der Waals surface area contributed by atoms with Gasteiger partial charge in [-0.3, -0.25) is 14.9 Å². The lowest BCUT2D eigenvalue weighted by Crippen LogP contribution is -1.98. The van der Waals surface area contributed by atoms with Crippen molar-refractivity contribution in [2.45, 2.75) is 4.90 Å². The van der Waals surface area contributed by atoms with E-state index in [4.69, 9.17) is 4.74 Å². The first-order chi connectivity index (χ1) is 7.56. The Morgan fingerprint density at radius 3 is 2.62 bits per heavy atom. The Kier molecular flexibility index (Phi) is 3.73. The van der Waals surface area contributed by atoms with Crippen LogP contribution < -0.4 is 4.74 Å². The molecule has 1 N–H and O–H groups in total. The van der Waals surface area contributed by atoms with Gasteiger partial charge in [0.15, 0.2) is 17.8 Å². The zero-order chi connectivity index (χ0) is 12.3. The Morgan fingerprint density at radius 2 is 2.25 bits per heavy atom. The van der Waals surface area contributed by atoms with Crippen molar-refractivity contribution in [3.05, 3.63) is 21.7 Å². The number of carbonyl (C=O) groups is 1. The van der Waals surface area contributed by atoms with Crippen LogP contribution in [0.2, 0.25) is 0 Å². The molecule has 1 aromatic rings. The summed E-state index contributed by atoms with van der Waals surface area (Å²) >= 11 is 1.02. The van der Waals surface area contributed by atoms with E-state index < -0.39 is 4.92 Å². The van der Waals surface area contributed by atoms with Crippen LogP contribution in [0.15, 0.2) is 11.0 Å². The first kappa shape index (κ1) is 12.3. The fraction of sp³-hybridized carbons (Fsp3) is 0.222. The monoisotopic (exact) mass is 243 g/mol. The van der Waals surface area contributed by atoms with Crippen molar-refractivity contribution >= 4 is 23.7 Å². The van der Waals surface area contributed by atoms with Crippen molar-refractivity contribution in [2.75, 3.05) is 13.4 Å². The van der Waals surface area contributed by atoms with Crippen molar-refractivity contribution in [3.63, 3.8) is 0 Å². The number of nitro benzene ring substituents is 1. The van der Waals surface area contributed by atoms with Crippen molar-refractivity contribution < 1.29 is 19.6 Å². The van der Waals surface area contributed by atoms with E-state index in [0.717, 1.165) is 17.8 Å². The largest absolute Gasteiger partial charge is 0.504 e. The predicted molar refractivity (Wildman–Crippen MR) is 58.5 cm³/mol. The Balaban J connectivity index is 3.62. The lowest BCUT2D eigenvalue weighted by atomic mass is 10.1. The van der Waals surface area contributed by atoms with Crippen LogP contribution in [0.1, 0.15) is 10.4 Å². The standard InChI is InChI=1S/C9H9NO5S/c1-15-7-3-6(10(13)14)9(16-2)5(4-11)8(7)12/h3-4,12H,1-2H3. The van der Waals surface area contributed by atoms with Gasteiger partial charge < -0.3 is 9.84 Å². The second kappa shape index (κ2) is 4.84. The number of hydrogen-bond donors (Lipinski definition) is 1. The SMILES string of the molecule is COc1cc([N+](=O)[O-])c(SC)c(C=O)c1O. The molecule has 0 aliphatic heterocycles. The molecule has 0 saturated heterocycles. The smallest absolute Gasteiger partial charge is 0.287 e. The van der Waals surface area contributed by atoms with E-state index >= 15 is 0 Å².